The van der Waals surface area contributed by atoms with Gasteiger partial charge in [-0.3, -0.25) is 4.98 Å². The summed E-state index contributed by atoms with van der Waals surface area (Å²) in [5.74, 6) is 0. The van der Waals surface area contributed by atoms with E-state index >= 15 is 0 Å². The highest BCUT2D eigenvalue weighted by atomic mass is 32.1. The van der Waals surface area contributed by atoms with E-state index in [1.165, 1.54) is 10.4 Å². The molecule has 0 fully saturated rings. The molecule has 0 aliphatic heterocycles. The zero-order valence-corrected chi connectivity index (χ0v) is 9.50. The lowest BCUT2D eigenvalue weighted by atomic mass is 10.1. The van der Waals surface area contributed by atoms with Crippen molar-refractivity contribution in [3.63, 3.8) is 0 Å². The number of hydrogen-bond acceptors (Lipinski definition) is 3. The van der Waals surface area contributed by atoms with Crippen LogP contribution in [0, 0.1) is 0 Å². The fourth-order valence-electron chi connectivity index (χ4n) is 1.59. The molecule has 0 radical (unpaired) electrons. The van der Waals surface area contributed by atoms with Crippen molar-refractivity contribution < 1.29 is 0 Å². The van der Waals surface area contributed by atoms with Crippen LogP contribution in [0.3, 0.4) is 0 Å². The Morgan fingerprint density at radius 3 is 2.73 bits per heavy atom. The summed E-state index contributed by atoms with van der Waals surface area (Å²) in [6, 6.07) is 8.81. The smallest absolute Gasteiger partial charge is 0.0453 e. The first kappa shape index (κ1) is 10.3. The van der Waals surface area contributed by atoms with Crippen molar-refractivity contribution in [2.45, 2.75) is 12.5 Å². The van der Waals surface area contributed by atoms with Gasteiger partial charge in [-0.15, -0.1) is 11.3 Å². The Kier molecular flexibility index (Phi) is 3.48. The number of thiophene rings is 1. The Morgan fingerprint density at radius 1 is 1.33 bits per heavy atom. The summed E-state index contributed by atoms with van der Waals surface area (Å²) >= 11 is 1.80. The highest BCUT2D eigenvalue weighted by molar-refractivity contribution is 7.10. The van der Waals surface area contributed by atoms with Crippen molar-refractivity contribution in [3.05, 3.63) is 52.5 Å². The first-order valence-corrected chi connectivity index (χ1v) is 5.87. The molecule has 0 saturated carbocycles. The third-order valence-electron chi connectivity index (χ3n) is 2.42. The molecular formula is C12H14N2S. The Hall–Kier alpha value is -1.19. The molecule has 78 valence electrons. The van der Waals surface area contributed by atoms with Gasteiger partial charge < -0.3 is 5.32 Å². The van der Waals surface area contributed by atoms with Crippen LogP contribution in [0.15, 0.2) is 42.0 Å². The Morgan fingerprint density at radius 2 is 2.13 bits per heavy atom. The van der Waals surface area contributed by atoms with E-state index in [0.29, 0.717) is 6.04 Å². The fraction of sp³-hybridized carbons (Fsp3) is 0.250. The molecule has 3 heteroatoms. The number of nitrogens with one attached hydrogen (secondary N) is 1. The van der Waals surface area contributed by atoms with Gasteiger partial charge in [-0.1, -0.05) is 6.07 Å². The van der Waals surface area contributed by atoms with Gasteiger partial charge in [-0.05, 0) is 42.6 Å². The zero-order valence-electron chi connectivity index (χ0n) is 8.68. The molecule has 0 spiro atoms. The molecule has 2 rings (SSSR count). The van der Waals surface area contributed by atoms with Crippen LogP contribution in [-0.4, -0.2) is 12.0 Å². The fourth-order valence-corrected chi connectivity index (χ4v) is 2.43. The first-order valence-electron chi connectivity index (χ1n) is 4.99. The second-order valence-corrected chi connectivity index (χ2v) is 4.40. The van der Waals surface area contributed by atoms with Crippen LogP contribution in [0.2, 0.25) is 0 Å². The summed E-state index contributed by atoms with van der Waals surface area (Å²) in [6.45, 7) is 0. The minimum atomic E-state index is 0.410. The number of likely N-dealkylation sites (N-methyl/N-ethyl adjacent to an activating group) is 1. The van der Waals surface area contributed by atoms with E-state index in [9.17, 15) is 0 Å². The first-order chi connectivity index (χ1) is 7.40. The Balaban J connectivity index is 2.10. The average Bonchev–Trinajstić information content (AvgIpc) is 2.81. The molecule has 0 aliphatic carbocycles. The monoisotopic (exact) mass is 218 g/mol. The molecule has 1 unspecified atom stereocenters. The van der Waals surface area contributed by atoms with Gasteiger partial charge in [0.25, 0.3) is 0 Å². The Bertz CT molecular complexity index is 383. The summed E-state index contributed by atoms with van der Waals surface area (Å²) in [6.07, 6.45) is 4.70. The van der Waals surface area contributed by atoms with Crippen molar-refractivity contribution in [1.82, 2.24) is 10.3 Å². The topological polar surface area (TPSA) is 24.9 Å². The lowest BCUT2D eigenvalue weighted by Crippen LogP contribution is -2.17. The molecule has 0 aliphatic rings. The quantitative estimate of drug-likeness (QED) is 0.853. The molecule has 2 heterocycles. The number of aromatic nitrogens is 1. The van der Waals surface area contributed by atoms with Crippen molar-refractivity contribution in [2.75, 3.05) is 7.05 Å². The van der Waals surface area contributed by atoms with Crippen LogP contribution in [0.1, 0.15) is 16.5 Å². The number of rotatable bonds is 4. The van der Waals surface area contributed by atoms with Crippen LogP contribution >= 0.6 is 11.3 Å². The molecule has 0 bridgehead atoms. The molecule has 15 heavy (non-hydrogen) atoms. The lowest BCUT2D eigenvalue weighted by Gasteiger charge is -2.14. The van der Waals surface area contributed by atoms with Crippen LogP contribution in [0.4, 0.5) is 0 Å². The molecule has 2 aromatic rings. The second kappa shape index (κ2) is 5.05. The van der Waals surface area contributed by atoms with Gasteiger partial charge in [0.2, 0.25) is 0 Å². The van der Waals surface area contributed by atoms with Gasteiger partial charge >= 0.3 is 0 Å². The van der Waals surface area contributed by atoms with Crippen molar-refractivity contribution in [1.29, 1.82) is 0 Å². The van der Waals surface area contributed by atoms with Gasteiger partial charge in [-0.25, -0.2) is 0 Å². The lowest BCUT2D eigenvalue weighted by molar-refractivity contribution is 0.602. The number of pyridine rings is 1. The van der Waals surface area contributed by atoms with E-state index in [4.69, 9.17) is 0 Å². The normalized spacial score (nSPS) is 12.6. The maximum Gasteiger partial charge on any atom is 0.0453 e. The summed E-state index contributed by atoms with van der Waals surface area (Å²) in [4.78, 5) is 5.41. The Labute approximate surface area is 94.0 Å². The maximum absolute atomic E-state index is 4.02. The second-order valence-electron chi connectivity index (χ2n) is 3.42. The van der Waals surface area contributed by atoms with Crippen LogP contribution < -0.4 is 5.32 Å². The molecule has 0 aromatic carbocycles. The zero-order chi connectivity index (χ0) is 10.5. The van der Waals surface area contributed by atoms with Gasteiger partial charge in [0.15, 0.2) is 0 Å². The predicted molar refractivity (Wildman–Crippen MR) is 64.1 cm³/mol. The van der Waals surface area contributed by atoms with Crippen LogP contribution in [0.5, 0.6) is 0 Å². The van der Waals surface area contributed by atoms with E-state index in [-0.39, 0.29) is 0 Å². The largest absolute Gasteiger partial charge is 0.312 e. The van der Waals surface area contributed by atoms with Gasteiger partial charge in [0.1, 0.15) is 0 Å². The number of nitrogens with zero attached hydrogens (tertiary/aromatic N) is 1. The van der Waals surface area contributed by atoms with Crippen molar-refractivity contribution in [3.8, 4) is 0 Å². The highest BCUT2D eigenvalue weighted by Crippen LogP contribution is 2.22. The van der Waals surface area contributed by atoms with Crippen molar-refractivity contribution >= 4 is 11.3 Å². The molecular weight excluding hydrogens is 204 g/mol. The molecule has 1 atom stereocenters. The molecule has 2 aromatic heterocycles. The highest BCUT2D eigenvalue weighted by Gasteiger charge is 2.10. The molecule has 2 nitrogen and oxygen atoms in total. The van der Waals surface area contributed by atoms with Gasteiger partial charge in [0, 0.05) is 23.3 Å². The summed E-state index contributed by atoms with van der Waals surface area (Å²) in [7, 11) is 2.01. The summed E-state index contributed by atoms with van der Waals surface area (Å²) < 4.78 is 0. The molecule has 0 saturated heterocycles. The van der Waals surface area contributed by atoms with E-state index in [1.54, 1.807) is 11.3 Å². The van der Waals surface area contributed by atoms with Gasteiger partial charge in [-0.2, -0.15) is 0 Å². The third kappa shape index (κ3) is 2.64. The molecule has 1 N–H and O–H groups in total. The van der Waals surface area contributed by atoms with E-state index in [0.717, 1.165) is 6.42 Å². The number of hydrogen-bond donors (Lipinski definition) is 1. The standard InChI is InChI=1S/C12H14N2S/c1-13-11(12-3-2-8-15-12)9-10-4-6-14-7-5-10/h2-8,11,13H,9H2,1H3. The van der Waals surface area contributed by atoms with Crippen molar-refractivity contribution in [2.24, 2.45) is 0 Å². The third-order valence-corrected chi connectivity index (χ3v) is 3.41. The summed E-state index contributed by atoms with van der Waals surface area (Å²) in [5, 5.41) is 5.46. The van der Waals surface area contributed by atoms with Crippen LogP contribution in [-0.2, 0) is 6.42 Å². The minimum absolute atomic E-state index is 0.410. The van der Waals surface area contributed by atoms with Crippen LogP contribution in [0.25, 0.3) is 0 Å². The SMILES string of the molecule is CNC(Cc1ccncc1)c1cccs1. The summed E-state index contributed by atoms with van der Waals surface area (Å²) in [5.41, 5.74) is 1.32. The minimum Gasteiger partial charge on any atom is -0.312 e. The van der Waals surface area contributed by atoms with E-state index < -0.39 is 0 Å². The average molecular weight is 218 g/mol. The van der Waals surface area contributed by atoms with E-state index in [1.807, 2.05) is 19.4 Å². The maximum atomic E-state index is 4.02. The van der Waals surface area contributed by atoms with Gasteiger partial charge in [0.05, 0.1) is 0 Å². The predicted octanol–water partition coefficient (Wildman–Crippen LogP) is 2.65. The molecule has 0 amide bonds. The van der Waals surface area contributed by atoms with E-state index in [2.05, 4.69) is 39.9 Å².